The van der Waals surface area contributed by atoms with Crippen molar-refractivity contribution in [3.8, 4) is 5.75 Å². The number of methoxy groups -OCH3 is 1. The van der Waals surface area contributed by atoms with Gasteiger partial charge in [0.2, 0.25) is 0 Å². The third-order valence-electron chi connectivity index (χ3n) is 3.16. The largest absolute Gasteiger partial charge is 0.495 e. The summed E-state index contributed by atoms with van der Waals surface area (Å²) in [5.41, 5.74) is 3.38. The molecule has 0 aliphatic carbocycles. The number of halogens is 1. The van der Waals surface area contributed by atoms with E-state index in [0.717, 1.165) is 0 Å². The Kier molecular flexibility index (Phi) is 5.68. The van der Waals surface area contributed by atoms with Crippen molar-refractivity contribution in [2.75, 3.05) is 12.4 Å². The minimum absolute atomic E-state index is 0.304. The van der Waals surface area contributed by atoms with Crippen LogP contribution in [0.15, 0.2) is 53.6 Å². The second kappa shape index (κ2) is 7.93. The average molecular weight is 315 g/mol. The molecule has 2 aromatic rings. The first-order valence-electron chi connectivity index (χ1n) is 7.09. The molecule has 6 heteroatoms. The first kappa shape index (κ1) is 16.5. The molecule has 2 aromatic carbocycles. The fraction of sp³-hybridized carbons (Fsp3) is 0.176. The molecule has 0 fully saturated rings. The van der Waals surface area contributed by atoms with Crippen molar-refractivity contribution >= 4 is 17.8 Å². The van der Waals surface area contributed by atoms with E-state index in [1.807, 2.05) is 18.2 Å². The van der Waals surface area contributed by atoms with E-state index in [-0.39, 0.29) is 5.91 Å². The highest BCUT2D eigenvalue weighted by atomic mass is 19.1. The Labute approximate surface area is 134 Å². The van der Waals surface area contributed by atoms with Gasteiger partial charge < -0.3 is 10.1 Å². The number of carbonyl (C=O) groups is 1. The van der Waals surface area contributed by atoms with Crippen molar-refractivity contribution in [3.05, 3.63) is 59.9 Å². The van der Waals surface area contributed by atoms with Gasteiger partial charge in [-0.25, -0.2) is 9.82 Å². The second-order valence-corrected chi connectivity index (χ2v) is 4.82. The van der Waals surface area contributed by atoms with Gasteiger partial charge in [0.15, 0.2) is 0 Å². The van der Waals surface area contributed by atoms with Gasteiger partial charge in [0, 0.05) is 5.56 Å². The molecule has 0 aromatic heterocycles. The maximum atomic E-state index is 13.4. The lowest BCUT2D eigenvalue weighted by molar-refractivity contribution is -0.121. The molecule has 5 nitrogen and oxygen atoms in total. The highest BCUT2D eigenvalue weighted by Crippen LogP contribution is 2.23. The molecule has 120 valence electrons. The Hall–Kier alpha value is -2.89. The normalized spacial score (nSPS) is 12.0. The van der Waals surface area contributed by atoms with Gasteiger partial charge in [0.1, 0.15) is 17.6 Å². The van der Waals surface area contributed by atoms with Crippen LogP contribution in [0.4, 0.5) is 10.1 Å². The molecule has 1 atom stereocenters. The molecule has 0 saturated carbocycles. The lowest BCUT2D eigenvalue weighted by Gasteiger charge is -2.15. The summed E-state index contributed by atoms with van der Waals surface area (Å²) in [7, 11) is 1.56. The highest BCUT2D eigenvalue weighted by molar-refractivity contribution is 5.86. The van der Waals surface area contributed by atoms with E-state index in [1.54, 1.807) is 38.3 Å². The first-order chi connectivity index (χ1) is 11.1. The number of ether oxygens (including phenoxy) is 1. The van der Waals surface area contributed by atoms with Gasteiger partial charge >= 0.3 is 0 Å². The smallest absolute Gasteiger partial charge is 0.262 e. The number of amides is 1. The van der Waals surface area contributed by atoms with Crippen molar-refractivity contribution in [2.45, 2.75) is 13.0 Å². The van der Waals surface area contributed by atoms with Gasteiger partial charge in [0.05, 0.1) is 19.0 Å². The number of hydrazone groups is 1. The van der Waals surface area contributed by atoms with Crippen molar-refractivity contribution in [1.29, 1.82) is 0 Å². The third kappa shape index (κ3) is 4.54. The zero-order chi connectivity index (χ0) is 16.7. The lowest BCUT2D eigenvalue weighted by Crippen LogP contribution is -2.35. The topological polar surface area (TPSA) is 62.7 Å². The summed E-state index contributed by atoms with van der Waals surface area (Å²) in [5.74, 6) is -0.101. The molecular formula is C17H18FN3O2. The van der Waals surface area contributed by atoms with Crippen LogP contribution in [0, 0.1) is 5.82 Å². The molecule has 0 unspecified atom stereocenters. The summed E-state index contributed by atoms with van der Waals surface area (Å²) in [6.45, 7) is 1.69. The molecule has 0 aliphatic heterocycles. The molecule has 23 heavy (non-hydrogen) atoms. The Bertz CT molecular complexity index is 704. The molecule has 0 spiro atoms. The average Bonchev–Trinajstić information content (AvgIpc) is 2.57. The molecule has 2 N–H and O–H groups in total. The van der Waals surface area contributed by atoms with Crippen LogP contribution in [0.3, 0.4) is 0 Å². The number of benzene rings is 2. The lowest BCUT2D eigenvalue weighted by atomic mass is 10.2. The molecule has 1 amide bonds. The van der Waals surface area contributed by atoms with E-state index in [2.05, 4.69) is 15.8 Å². The number of nitrogens with one attached hydrogen (secondary N) is 2. The van der Waals surface area contributed by atoms with E-state index in [9.17, 15) is 9.18 Å². The van der Waals surface area contributed by atoms with Gasteiger partial charge in [-0.2, -0.15) is 5.10 Å². The van der Waals surface area contributed by atoms with Crippen molar-refractivity contribution in [3.63, 3.8) is 0 Å². The van der Waals surface area contributed by atoms with Crippen LogP contribution in [0.1, 0.15) is 12.5 Å². The molecule has 2 rings (SSSR count). The number of nitrogens with zero attached hydrogens (tertiary/aromatic N) is 1. The van der Waals surface area contributed by atoms with E-state index < -0.39 is 11.9 Å². The van der Waals surface area contributed by atoms with Crippen molar-refractivity contribution in [1.82, 2.24) is 5.43 Å². The number of rotatable bonds is 6. The summed E-state index contributed by atoms with van der Waals surface area (Å²) in [6.07, 6.45) is 1.27. The maximum absolute atomic E-state index is 13.4. The van der Waals surface area contributed by atoms with Crippen LogP contribution in [0.5, 0.6) is 5.75 Å². The number of para-hydroxylation sites is 2. The van der Waals surface area contributed by atoms with Crippen molar-refractivity contribution in [2.24, 2.45) is 5.10 Å². The predicted molar refractivity (Wildman–Crippen MR) is 88.2 cm³/mol. The van der Waals surface area contributed by atoms with Gasteiger partial charge in [-0.1, -0.05) is 30.3 Å². The molecule has 0 radical (unpaired) electrons. The molecule has 0 bridgehead atoms. The van der Waals surface area contributed by atoms with Crippen LogP contribution < -0.4 is 15.5 Å². The maximum Gasteiger partial charge on any atom is 0.262 e. The number of hydrogen-bond acceptors (Lipinski definition) is 4. The Balaban J connectivity index is 1.94. The Morgan fingerprint density at radius 2 is 1.91 bits per heavy atom. The van der Waals surface area contributed by atoms with Crippen LogP contribution in [-0.2, 0) is 4.79 Å². The number of hydrogen-bond donors (Lipinski definition) is 2. The number of carbonyl (C=O) groups excluding carboxylic acids is 1. The fourth-order valence-electron chi connectivity index (χ4n) is 1.90. The van der Waals surface area contributed by atoms with E-state index in [1.165, 1.54) is 12.3 Å². The van der Waals surface area contributed by atoms with Gasteiger partial charge in [-0.05, 0) is 25.1 Å². The monoisotopic (exact) mass is 315 g/mol. The van der Waals surface area contributed by atoms with Crippen LogP contribution in [0.25, 0.3) is 0 Å². The minimum Gasteiger partial charge on any atom is -0.495 e. The quantitative estimate of drug-likeness (QED) is 0.636. The SMILES string of the molecule is COc1ccccc1N[C@H](C)C(=O)N/N=C\c1ccccc1F. The summed E-state index contributed by atoms with van der Waals surface area (Å²) in [5, 5.41) is 6.81. The molecular weight excluding hydrogens is 297 g/mol. The number of anilines is 1. The summed E-state index contributed by atoms with van der Waals surface area (Å²) >= 11 is 0. The van der Waals surface area contributed by atoms with E-state index in [4.69, 9.17) is 4.74 Å². The molecule has 0 aliphatic rings. The second-order valence-electron chi connectivity index (χ2n) is 4.82. The Morgan fingerprint density at radius 3 is 2.65 bits per heavy atom. The van der Waals surface area contributed by atoms with E-state index in [0.29, 0.717) is 17.0 Å². The highest BCUT2D eigenvalue weighted by Gasteiger charge is 2.13. The van der Waals surface area contributed by atoms with Crippen LogP contribution in [-0.4, -0.2) is 25.3 Å². The van der Waals surface area contributed by atoms with Gasteiger partial charge in [0.25, 0.3) is 5.91 Å². The molecule has 0 saturated heterocycles. The summed E-state index contributed by atoms with van der Waals surface area (Å²) in [4.78, 5) is 12.0. The molecule has 0 heterocycles. The minimum atomic E-state index is -0.538. The van der Waals surface area contributed by atoms with E-state index >= 15 is 0 Å². The predicted octanol–water partition coefficient (Wildman–Crippen LogP) is 2.79. The van der Waals surface area contributed by atoms with Crippen molar-refractivity contribution < 1.29 is 13.9 Å². The Morgan fingerprint density at radius 1 is 1.22 bits per heavy atom. The van der Waals surface area contributed by atoms with Gasteiger partial charge in [-0.3, -0.25) is 4.79 Å². The van der Waals surface area contributed by atoms with Gasteiger partial charge in [-0.15, -0.1) is 0 Å². The third-order valence-corrected chi connectivity index (χ3v) is 3.16. The summed E-state index contributed by atoms with van der Waals surface area (Å²) in [6, 6.07) is 12.9. The van der Waals surface area contributed by atoms with Crippen LogP contribution >= 0.6 is 0 Å². The van der Waals surface area contributed by atoms with Crippen LogP contribution in [0.2, 0.25) is 0 Å². The summed E-state index contributed by atoms with van der Waals surface area (Å²) < 4.78 is 18.6. The first-order valence-corrected chi connectivity index (χ1v) is 7.09. The fourth-order valence-corrected chi connectivity index (χ4v) is 1.90. The zero-order valence-corrected chi connectivity index (χ0v) is 12.9. The standard InChI is InChI=1S/C17H18FN3O2/c1-12(20-15-9-5-6-10-16(15)23-2)17(22)21-19-11-13-7-3-4-8-14(13)18/h3-12,20H,1-2H3,(H,21,22)/b19-11-/t12-/m1/s1. The zero-order valence-electron chi connectivity index (χ0n) is 12.9.